The van der Waals surface area contributed by atoms with E-state index in [4.69, 9.17) is 9.47 Å². The molecule has 3 atom stereocenters. The van der Waals surface area contributed by atoms with Gasteiger partial charge in [0.1, 0.15) is 0 Å². The highest BCUT2D eigenvalue weighted by Crippen LogP contribution is 2.24. The van der Waals surface area contributed by atoms with Gasteiger partial charge in [-0.3, -0.25) is 0 Å². The first-order valence-corrected chi connectivity index (χ1v) is 6.18. The Hall–Kier alpha value is -0.120. The van der Waals surface area contributed by atoms with Crippen LogP contribution >= 0.6 is 0 Å². The molecule has 2 saturated heterocycles. The lowest BCUT2D eigenvalue weighted by Gasteiger charge is -2.35. The van der Waals surface area contributed by atoms with Crippen LogP contribution in [0.15, 0.2) is 0 Å². The van der Waals surface area contributed by atoms with E-state index in [1.54, 1.807) is 0 Å². The second-order valence-electron chi connectivity index (χ2n) is 5.19. The fourth-order valence-electron chi connectivity index (χ4n) is 2.45. The van der Waals surface area contributed by atoms with Gasteiger partial charge in [0.05, 0.1) is 24.4 Å². The maximum absolute atomic E-state index is 6.02. The highest BCUT2D eigenvalue weighted by Gasteiger charge is 2.30. The molecule has 2 aliphatic rings. The summed E-state index contributed by atoms with van der Waals surface area (Å²) >= 11 is 0. The van der Waals surface area contributed by atoms with Crippen molar-refractivity contribution in [3.05, 3.63) is 0 Å². The summed E-state index contributed by atoms with van der Waals surface area (Å²) in [6, 6.07) is 0. The Morgan fingerprint density at radius 3 is 2.93 bits per heavy atom. The largest absolute Gasteiger partial charge is 0.373 e. The molecule has 0 aromatic heterocycles. The summed E-state index contributed by atoms with van der Waals surface area (Å²) in [4.78, 5) is 0. The molecule has 0 aromatic rings. The summed E-state index contributed by atoms with van der Waals surface area (Å²) in [7, 11) is 0. The third-order valence-corrected chi connectivity index (χ3v) is 3.50. The van der Waals surface area contributed by atoms with Crippen molar-refractivity contribution in [1.29, 1.82) is 0 Å². The lowest BCUT2D eigenvalue weighted by atomic mass is 9.96. The van der Waals surface area contributed by atoms with Crippen LogP contribution in [0, 0.1) is 0 Å². The van der Waals surface area contributed by atoms with E-state index in [2.05, 4.69) is 19.2 Å². The molecular formula is C12H23NO2. The van der Waals surface area contributed by atoms with E-state index in [0.29, 0.717) is 12.2 Å². The molecule has 0 aliphatic carbocycles. The molecule has 0 radical (unpaired) electrons. The van der Waals surface area contributed by atoms with E-state index in [-0.39, 0.29) is 5.60 Å². The summed E-state index contributed by atoms with van der Waals surface area (Å²) in [6.45, 7) is 7.23. The highest BCUT2D eigenvalue weighted by molar-refractivity contribution is 4.83. The SMILES string of the molecule is CC1CCC(COC2(C)CCCNC2)O1. The summed E-state index contributed by atoms with van der Waals surface area (Å²) in [5.74, 6) is 0. The summed E-state index contributed by atoms with van der Waals surface area (Å²) in [5.41, 5.74) is 0.0352. The van der Waals surface area contributed by atoms with Crippen LogP contribution in [0.25, 0.3) is 0 Å². The predicted octanol–water partition coefficient (Wildman–Crippen LogP) is 1.71. The van der Waals surface area contributed by atoms with Gasteiger partial charge in [0, 0.05) is 6.54 Å². The molecule has 2 heterocycles. The summed E-state index contributed by atoms with van der Waals surface area (Å²) < 4.78 is 11.8. The van der Waals surface area contributed by atoms with Crippen molar-refractivity contribution >= 4 is 0 Å². The van der Waals surface area contributed by atoms with Crippen LogP contribution in [-0.2, 0) is 9.47 Å². The number of nitrogens with one attached hydrogen (secondary N) is 1. The van der Waals surface area contributed by atoms with E-state index < -0.39 is 0 Å². The summed E-state index contributed by atoms with van der Waals surface area (Å²) in [5, 5.41) is 3.39. The van der Waals surface area contributed by atoms with Gasteiger partial charge in [-0.25, -0.2) is 0 Å². The second-order valence-corrected chi connectivity index (χ2v) is 5.19. The van der Waals surface area contributed by atoms with Crippen LogP contribution in [-0.4, -0.2) is 37.5 Å². The van der Waals surface area contributed by atoms with Crippen molar-refractivity contribution in [2.75, 3.05) is 19.7 Å². The third-order valence-electron chi connectivity index (χ3n) is 3.50. The zero-order chi connectivity index (χ0) is 10.7. The average Bonchev–Trinajstić information content (AvgIpc) is 2.63. The topological polar surface area (TPSA) is 30.5 Å². The maximum Gasteiger partial charge on any atom is 0.0813 e. The molecule has 1 N–H and O–H groups in total. The van der Waals surface area contributed by atoms with Crippen molar-refractivity contribution in [2.45, 2.75) is 57.3 Å². The lowest BCUT2D eigenvalue weighted by molar-refractivity contribution is -0.0917. The Kier molecular flexibility index (Phi) is 3.65. The molecule has 3 nitrogen and oxygen atoms in total. The van der Waals surface area contributed by atoms with Crippen molar-refractivity contribution in [3.63, 3.8) is 0 Å². The van der Waals surface area contributed by atoms with Gasteiger partial charge in [0.15, 0.2) is 0 Å². The van der Waals surface area contributed by atoms with Crippen molar-refractivity contribution in [2.24, 2.45) is 0 Å². The minimum absolute atomic E-state index is 0.0352. The van der Waals surface area contributed by atoms with Crippen LogP contribution in [0.4, 0.5) is 0 Å². The molecule has 3 heteroatoms. The van der Waals surface area contributed by atoms with E-state index in [0.717, 1.165) is 26.1 Å². The standard InChI is InChI=1S/C12H23NO2/c1-10-4-5-11(15-10)8-14-12(2)6-3-7-13-9-12/h10-11,13H,3-9H2,1-2H3. The second kappa shape index (κ2) is 4.81. The van der Waals surface area contributed by atoms with Gasteiger partial charge in [0.2, 0.25) is 0 Å². The lowest BCUT2D eigenvalue weighted by Crippen LogP contribution is -2.46. The molecule has 2 aliphatic heterocycles. The van der Waals surface area contributed by atoms with E-state index in [9.17, 15) is 0 Å². The van der Waals surface area contributed by atoms with Gasteiger partial charge in [-0.2, -0.15) is 0 Å². The van der Waals surface area contributed by atoms with Gasteiger partial charge in [0.25, 0.3) is 0 Å². The summed E-state index contributed by atoms with van der Waals surface area (Å²) in [6.07, 6.45) is 5.49. The molecule has 2 fully saturated rings. The predicted molar refractivity (Wildman–Crippen MR) is 60.0 cm³/mol. The Morgan fingerprint density at radius 2 is 2.33 bits per heavy atom. The molecule has 0 aromatic carbocycles. The zero-order valence-electron chi connectivity index (χ0n) is 9.92. The van der Waals surface area contributed by atoms with E-state index in [1.165, 1.54) is 19.3 Å². The van der Waals surface area contributed by atoms with Crippen LogP contribution in [0.5, 0.6) is 0 Å². The Balaban J connectivity index is 1.72. The van der Waals surface area contributed by atoms with Crippen LogP contribution < -0.4 is 5.32 Å². The van der Waals surface area contributed by atoms with Crippen LogP contribution in [0.2, 0.25) is 0 Å². The van der Waals surface area contributed by atoms with Gasteiger partial charge >= 0.3 is 0 Å². The highest BCUT2D eigenvalue weighted by atomic mass is 16.6. The quantitative estimate of drug-likeness (QED) is 0.774. The fraction of sp³-hybridized carbons (Fsp3) is 1.00. The maximum atomic E-state index is 6.02. The minimum atomic E-state index is 0.0352. The van der Waals surface area contributed by atoms with Gasteiger partial charge < -0.3 is 14.8 Å². The number of hydrogen-bond donors (Lipinski definition) is 1. The Labute approximate surface area is 92.5 Å². The number of ether oxygens (including phenoxy) is 2. The zero-order valence-corrected chi connectivity index (χ0v) is 9.92. The van der Waals surface area contributed by atoms with Crippen LogP contribution in [0.1, 0.15) is 39.5 Å². The molecule has 0 spiro atoms. The van der Waals surface area contributed by atoms with E-state index in [1.807, 2.05) is 0 Å². The molecule has 0 saturated carbocycles. The minimum Gasteiger partial charge on any atom is -0.373 e. The Bertz CT molecular complexity index is 202. The van der Waals surface area contributed by atoms with Crippen molar-refractivity contribution in [1.82, 2.24) is 5.32 Å². The number of rotatable bonds is 3. The first kappa shape index (κ1) is 11.4. The normalized spacial score (nSPS) is 42.0. The van der Waals surface area contributed by atoms with Gasteiger partial charge in [-0.05, 0) is 46.1 Å². The van der Waals surface area contributed by atoms with Gasteiger partial charge in [-0.15, -0.1) is 0 Å². The average molecular weight is 213 g/mol. The van der Waals surface area contributed by atoms with Crippen LogP contribution in [0.3, 0.4) is 0 Å². The smallest absolute Gasteiger partial charge is 0.0813 e. The third kappa shape index (κ3) is 3.16. The van der Waals surface area contributed by atoms with E-state index >= 15 is 0 Å². The monoisotopic (exact) mass is 213 g/mol. The Morgan fingerprint density at radius 1 is 1.47 bits per heavy atom. The molecular weight excluding hydrogens is 190 g/mol. The molecule has 3 unspecified atom stereocenters. The molecule has 88 valence electrons. The van der Waals surface area contributed by atoms with Gasteiger partial charge in [-0.1, -0.05) is 0 Å². The molecule has 15 heavy (non-hydrogen) atoms. The first-order valence-electron chi connectivity index (χ1n) is 6.18. The molecule has 0 amide bonds. The molecule has 2 rings (SSSR count). The van der Waals surface area contributed by atoms with Crippen molar-refractivity contribution < 1.29 is 9.47 Å². The first-order chi connectivity index (χ1) is 7.18. The fourth-order valence-corrected chi connectivity index (χ4v) is 2.45. The number of piperidine rings is 1. The molecule has 0 bridgehead atoms. The number of hydrogen-bond acceptors (Lipinski definition) is 3. The van der Waals surface area contributed by atoms with Crippen molar-refractivity contribution in [3.8, 4) is 0 Å².